The van der Waals surface area contributed by atoms with Crippen molar-refractivity contribution in [2.75, 3.05) is 10.2 Å². The van der Waals surface area contributed by atoms with Gasteiger partial charge in [0, 0.05) is 5.69 Å². The van der Waals surface area contributed by atoms with Gasteiger partial charge in [-0.25, -0.2) is 4.90 Å². The minimum absolute atomic E-state index is 0.0633. The molecule has 0 aliphatic carbocycles. The number of imide groups is 1. The molecular formula is C26H21F3N2O2. The Morgan fingerprint density at radius 3 is 2.18 bits per heavy atom. The molecule has 0 spiro atoms. The summed E-state index contributed by atoms with van der Waals surface area (Å²) in [4.78, 5) is 27.9. The van der Waals surface area contributed by atoms with Crippen molar-refractivity contribution in [3.05, 3.63) is 100 Å². The standard InChI is InChI=1S/C26H21F3N2O2/c1-15-6-4-9-21(12-15)31-24(32)22(18-11-10-16(2)17(3)13-18)23(25(31)33)30-20-8-5-7-19(14-20)26(27,28)29/h4-14,30H,1-3H3. The summed E-state index contributed by atoms with van der Waals surface area (Å²) in [6, 6.07) is 16.8. The number of halogens is 3. The van der Waals surface area contributed by atoms with Gasteiger partial charge < -0.3 is 5.32 Å². The van der Waals surface area contributed by atoms with E-state index in [0.29, 0.717) is 11.3 Å². The van der Waals surface area contributed by atoms with Gasteiger partial charge in [0.05, 0.1) is 16.8 Å². The van der Waals surface area contributed by atoms with Gasteiger partial charge in [0.25, 0.3) is 11.8 Å². The van der Waals surface area contributed by atoms with Gasteiger partial charge in [0.2, 0.25) is 0 Å². The van der Waals surface area contributed by atoms with Crippen molar-refractivity contribution in [3.63, 3.8) is 0 Å². The second kappa shape index (κ2) is 8.24. The van der Waals surface area contributed by atoms with Crippen LogP contribution in [0.4, 0.5) is 24.5 Å². The highest BCUT2D eigenvalue weighted by molar-refractivity contribution is 6.46. The Morgan fingerprint density at radius 2 is 1.52 bits per heavy atom. The number of amides is 2. The maximum Gasteiger partial charge on any atom is 0.416 e. The van der Waals surface area contributed by atoms with Crippen LogP contribution in [0.2, 0.25) is 0 Å². The fourth-order valence-corrected chi connectivity index (χ4v) is 3.73. The van der Waals surface area contributed by atoms with Crippen molar-refractivity contribution in [1.29, 1.82) is 0 Å². The third-order valence-corrected chi connectivity index (χ3v) is 5.60. The maximum absolute atomic E-state index is 13.5. The largest absolute Gasteiger partial charge is 0.416 e. The van der Waals surface area contributed by atoms with E-state index in [4.69, 9.17) is 0 Å². The normalized spacial score (nSPS) is 14.3. The Labute approximate surface area is 189 Å². The molecule has 0 saturated carbocycles. The fourth-order valence-electron chi connectivity index (χ4n) is 3.73. The van der Waals surface area contributed by atoms with Gasteiger partial charge in [-0.2, -0.15) is 13.2 Å². The third kappa shape index (κ3) is 4.26. The predicted molar refractivity (Wildman–Crippen MR) is 122 cm³/mol. The van der Waals surface area contributed by atoms with Gasteiger partial charge in [0.15, 0.2) is 0 Å². The first-order valence-corrected chi connectivity index (χ1v) is 10.3. The average molecular weight is 450 g/mol. The number of nitrogens with one attached hydrogen (secondary N) is 1. The molecule has 0 atom stereocenters. The monoisotopic (exact) mass is 450 g/mol. The molecule has 1 heterocycles. The summed E-state index contributed by atoms with van der Waals surface area (Å²) in [6.07, 6.45) is -4.54. The van der Waals surface area contributed by atoms with Crippen molar-refractivity contribution in [1.82, 2.24) is 0 Å². The van der Waals surface area contributed by atoms with Crippen LogP contribution in [0.1, 0.15) is 27.8 Å². The van der Waals surface area contributed by atoms with Gasteiger partial charge >= 0.3 is 6.18 Å². The first kappa shape index (κ1) is 22.3. The molecular weight excluding hydrogens is 429 g/mol. The molecule has 3 aromatic rings. The Bertz CT molecular complexity index is 1310. The number of carbonyl (C=O) groups excluding carboxylic acids is 2. The second-order valence-corrected chi connectivity index (χ2v) is 8.04. The number of carbonyl (C=O) groups is 2. The summed E-state index contributed by atoms with van der Waals surface area (Å²) in [5, 5.41) is 2.80. The van der Waals surface area contributed by atoms with Crippen LogP contribution in [0.25, 0.3) is 5.57 Å². The second-order valence-electron chi connectivity index (χ2n) is 8.04. The van der Waals surface area contributed by atoms with E-state index < -0.39 is 23.6 Å². The zero-order chi connectivity index (χ0) is 23.9. The molecule has 0 radical (unpaired) electrons. The summed E-state index contributed by atoms with van der Waals surface area (Å²) in [6.45, 7) is 5.66. The first-order chi connectivity index (χ1) is 15.6. The topological polar surface area (TPSA) is 49.4 Å². The molecule has 1 aliphatic rings. The van der Waals surface area contributed by atoms with E-state index in [9.17, 15) is 22.8 Å². The quantitative estimate of drug-likeness (QED) is 0.494. The number of alkyl halides is 3. The lowest BCUT2D eigenvalue weighted by atomic mass is 9.99. The summed E-state index contributed by atoms with van der Waals surface area (Å²) in [7, 11) is 0. The van der Waals surface area contributed by atoms with Crippen LogP contribution in [0.3, 0.4) is 0 Å². The summed E-state index contributed by atoms with van der Waals surface area (Å²) >= 11 is 0. The number of aryl methyl sites for hydroxylation is 3. The number of anilines is 2. The lowest BCUT2D eigenvalue weighted by Gasteiger charge is -2.16. The lowest BCUT2D eigenvalue weighted by Crippen LogP contribution is -2.32. The Hall–Kier alpha value is -3.87. The smallest absolute Gasteiger partial charge is 0.350 e. The number of hydrogen-bond donors (Lipinski definition) is 1. The Morgan fingerprint density at radius 1 is 0.788 bits per heavy atom. The molecule has 3 aromatic carbocycles. The molecule has 0 unspecified atom stereocenters. The van der Waals surface area contributed by atoms with Gasteiger partial charge in [-0.3, -0.25) is 9.59 Å². The van der Waals surface area contributed by atoms with Crippen molar-refractivity contribution in [3.8, 4) is 0 Å². The van der Waals surface area contributed by atoms with Gasteiger partial charge in [-0.05, 0) is 73.4 Å². The lowest BCUT2D eigenvalue weighted by molar-refractivity contribution is -0.137. The van der Waals surface area contributed by atoms with Gasteiger partial charge in [0.1, 0.15) is 5.70 Å². The van der Waals surface area contributed by atoms with Gasteiger partial charge in [-0.15, -0.1) is 0 Å². The van der Waals surface area contributed by atoms with Crippen LogP contribution < -0.4 is 10.2 Å². The molecule has 168 valence electrons. The van der Waals surface area contributed by atoms with E-state index >= 15 is 0 Å². The van der Waals surface area contributed by atoms with E-state index in [1.165, 1.54) is 12.1 Å². The highest BCUT2D eigenvalue weighted by Crippen LogP contribution is 2.36. The maximum atomic E-state index is 13.5. The van der Waals surface area contributed by atoms with Gasteiger partial charge in [-0.1, -0.05) is 36.4 Å². The number of nitrogens with zero attached hydrogens (tertiary/aromatic N) is 1. The van der Waals surface area contributed by atoms with Crippen molar-refractivity contribution in [2.45, 2.75) is 26.9 Å². The number of benzene rings is 3. The van der Waals surface area contributed by atoms with E-state index in [-0.39, 0.29) is 17.0 Å². The van der Waals surface area contributed by atoms with Crippen molar-refractivity contribution < 1.29 is 22.8 Å². The van der Waals surface area contributed by atoms with Crippen LogP contribution in [0, 0.1) is 20.8 Å². The molecule has 0 bridgehead atoms. The molecule has 7 heteroatoms. The Kier molecular flexibility index (Phi) is 5.57. The molecule has 4 nitrogen and oxygen atoms in total. The van der Waals surface area contributed by atoms with Crippen molar-refractivity contribution in [2.24, 2.45) is 0 Å². The number of hydrogen-bond acceptors (Lipinski definition) is 3. The molecule has 0 aromatic heterocycles. The van der Waals surface area contributed by atoms with E-state index in [1.807, 2.05) is 32.9 Å². The Balaban J connectivity index is 1.84. The average Bonchev–Trinajstić information content (AvgIpc) is 2.99. The SMILES string of the molecule is Cc1cccc(N2C(=O)C(Nc3cccc(C(F)(F)F)c3)=C(c3ccc(C)c(C)c3)C2=O)c1. The molecule has 33 heavy (non-hydrogen) atoms. The van der Waals surface area contributed by atoms with Crippen LogP contribution in [0.15, 0.2) is 72.4 Å². The fraction of sp³-hybridized carbons (Fsp3) is 0.154. The van der Waals surface area contributed by atoms with Crippen molar-refractivity contribution >= 4 is 28.8 Å². The van der Waals surface area contributed by atoms with E-state index in [2.05, 4.69) is 5.32 Å². The molecule has 4 rings (SSSR count). The minimum atomic E-state index is -4.54. The zero-order valence-electron chi connectivity index (χ0n) is 18.2. The van der Waals surface area contributed by atoms with Crippen LogP contribution in [-0.2, 0) is 15.8 Å². The predicted octanol–water partition coefficient (Wildman–Crippen LogP) is 6.03. The molecule has 0 saturated heterocycles. The van der Waals surface area contributed by atoms with E-state index in [1.54, 1.807) is 30.3 Å². The summed E-state index contributed by atoms with van der Waals surface area (Å²) < 4.78 is 39.6. The van der Waals surface area contributed by atoms with Crippen LogP contribution in [-0.4, -0.2) is 11.8 Å². The minimum Gasteiger partial charge on any atom is -0.350 e. The zero-order valence-corrected chi connectivity index (χ0v) is 18.2. The summed E-state index contributed by atoms with van der Waals surface area (Å²) in [5.41, 5.74) is 2.97. The van der Waals surface area contributed by atoms with Crippen LogP contribution >= 0.6 is 0 Å². The summed E-state index contributed by atoms with van der Waals surface area (Å²) in [5.74, 6) is -1.17. The highest BCUT2D eigenvalue weighted by atomic mass is 19.4. The molecule has 0 fully saturated rings. The molecule has 2 amide bonds. The number of rotatable bonds is 4. The third-order valence-electron chi connectivity index (χ3n) is 5.60. The molecule has 1 aliphatic heterocycles. The molecule has 1 N–H and O–H groups in total. The first-order valence-electron chi connectivity index (χ1n) is 10.3. The van der Waals surface area contributed by atoms with Crippen LogP contribution in [0.5, 0.6) is 0 Å². The highest BCUT2D eigenvalue weighted by Gasteiger charge is 2.40. The van der Waals surface area contributed by atoms with E-state index in [0.717, 1.165) is 33.7 Å².